The van der Waals surface area contributed by atoms with Crippen molar-refractivity contribution in [1.29, 1.82) is 0 Å². The SMILES string of the molecule is Cc1ccc(NC(=O)COC(=O)CCSc2ccc(F)cc2)c(Cl)c1. The molecule has 4 nitrogen and oxygen atoms in total. The van der Waals surface area contributed by atoms with Crippen LogP contribution in [0.25, 0.3) is 0 Å². The largest absolute Gasteiger partial charge is 0.456 e. The molecule has 0 saturated heterocycles. The minimum Gasteiger partial charge on any atom is -0.456 e. The second-order valence-electron chi connectivity index (χ2n) is 5.24. The minimum absolute atomic E-state index is 0.153. The summed E-state index contributed by atoms with van der Waals surface area (Å²) >= 11 is 7.44. The summed E-state index contributed by atoms with van der Waals surface area (Å²) in [5.74, 6) is -0.746. The lowest BCUT2D eigenvalue weighted by Crippen LogP contribution is -2.21. The van der Waals surface area contributed by atoms with Crippen molar-refractivity contribution in [3.05, 3.63) is 58.9 Å². The van der Waals surface area contributed by atoms with Gasteiger partial charge in [-0.25, -0.2) is 4.39 Å². The molecule has 2 aromatic carbocycles. The summed E-state index contributed by atoms with van der Waals surface area (Å²) in [6.07, 6.45) is 0.153. The molecule has 1 N–H and O–H groups in total. The number of esters is 1. The van der Waals surface area contributed by atoms with Crippen molar-refractivity contribution < 1.29 is 18.7 Å². The van der Waals surface area contributed by atoms with Crippen LogP contribution in [-0.2, 0) is 14.3 Å². The number of carbonyl (C=O) groups excluding carboxylic acids is 2. The van der Waals surface area contributed by atoms with Gasteiger partial charge in [0, 0.05) is 10.6 Å². The first-order chi connectivity index (χ1) is 11.9. The van der Waals surface area contributed by atoms with E-state index in [1.165, 1.54) is 23.9 Å². The van der Waals surface area contributed by atoms with Crippen molar-refractivity contribution in [1.82, 2.24) is 0 Å². The van der Waals surface area contributed by atoms with Gasteiger partial charge in [-0.1, -0.05) is 17.7 Å². The lowest BCUT2D eigenvalue weighted by molar-refractivity contribution is -0.146. The maximum absolute atomic E-state index is 12.8. The fourth-order valence-electron chi connectivity index (χ4n) is 1.91. The zero-order chi connectivity index (χ0) is 18.2. The molecule has 0 fully saturated rings. The molecule has 0 radical (unpaired) electrons. The Morgan fingerprint density at radius 3 is 2.60 bits per heavy atom. The molecule has 0 aliphatic carbocycles. The van der Waals surface area contributed by atoms with Crippen LogP contribution in [0.1, 0.15) is 12.0 Å². The number of hydrogen-bond donors (Lipinski definition) is 1. The van der Waals surface area contributed by atoms with Crippen molar-refractivity contribution in [2.45, 2.75) is 18.2 Å². The number of rotatable bonds is 7. The smallest absolute Gasteiger partial charge is 0.307 e. The van der Waals surface area contributed by atoms with Crippen molar-refractivity contribution >= 4 is 40.9 Å². The topological polar surface area (TPSA) is 55.4 Å². The van der Waals surface area contributed by atoms with Gasteiger partial charge in [0.1, 0.15) is 5.82 Å². The molecule has 0 atom stereocenters. The second kappa shape index (κ2) is 9.44. The predicted molar refractivity (Wildman–Crippen MR) is 97.5 cm³/mol. The zero-order valence-electron chi connectivity index (χ0n) is 13.6. The third-order valence-corrected chi connectivity index (χ3v) is 4.48. The molecule has 0 bridgehead atoms. The zero-order valence-corrected chi connectivity index (χ0v) is 15.1. The van der Waals surface area contributed by atoms with Crippen LogP contribution < -0.4 is 5.32 Å². The molecule has 0 saturated carbocycles. The van der Waals surface area contributed by atoms with E-state index < -0.39 is 11.9 Å². The Balaban J connectivity index is 1.68. The fraction of sp³-hybridized carbons (Fsp3) is 0.222. The molecule has 132 valence electrons. The first-order valence-corrected chi connectivity index (χ1v) is 8.90. The van der Waals surface area contributed by atoms with Crippen LogP contribution in [0.2, 0.25) is 5.02 Å². The maximum Gasteiger partial charge on any atom is 0.307 e. The highest BCUT2D eigenvalue weighted by atomic mass is 35.5. The Morgan fingerprint density at radius 2 is 1.92 bits per heavy atom. The average molecular weight is 382 g/mol. The van der Waals surface area contributed by atoms with E-state index in [1.807, 2.05) is 13.0 Å². The Kier molecular flexibility index (Phi) is 7.28. The quantitative estimate of drug-likeness (QED) is 0.568. The number of halogens is 2. The monoisotopic (exact) mass is 381 g/mol. The summed E-state index contributed by atoms with van der Waals surface area (Å²) in [7, 11) is 0. The molecule has 0 aromatic heterocycles. The lowest BCUT2D eigenvalue weighted by atomic mass is 10.2. The Morgan fingerprint density at radius 1 is 1.20 bits per heavy atom. The summed E-state index contributed by atoms with van der Waals surface area (Å²) in [4.78, 5) is 24.3. The Bertz CT molecular complexity index is 752. The van der Waals surface area contributed by atoms with Crippen LogP contribution >= 0.6 is 23.4 Å². The van der Waals surface area contributed by atoms with Crippen LogP contribution in [0.3, 0.4) is 0 Å². The number of hydrogen-bond acceptors (Lipinski definition) is 4. The molecular weight excluding hydrogens is 365 g/mol. The van der Waals surface area contributed by atoms with Gasteiger partial charge in [-0.05, 0) is 48.9 Å². The lowest BCUT2D eigenvalue weighted by Gasteiger charge is -2.08. The first-order valence-electron chi connectivity index (χ1n) is 7.54. The molecule has 2 rings (SSSR count). The van der Waals surface area contributed by atoms with Crippen LogP contribution in [0.5, 0.6) is 0 Å². The van der Waals surface area contributed by atoms with Gasteiger partial charge >= 0.3 is 5.97 Å². The van der Waals surface area contributed by atoms with Gasteiger partial charge in [0.15, 0.2) is 6.61 Å². The summed E-state index contributed by atoms with van der Waals surface area (Å²) in [6.45, 7) is 1.52. The van der Waals surface area contributed by atoms with Gasteiger partial charge in [0.05, 0.1) is 17.1 Å². The normalized spacial score (nSPS) is 10.4. The Hall–Kier alpha value is -2.05. The van der Waals surface area contributed by atoms with Crippen LogP contribution in [0, 0.1) is 12.7 Å². The minimum atomic E-state index is -0.472. The number of nitrogens with one attached hydrogen (secondary N) is 1. The molecule has 0 spiro atoms. The maximum atomic E-state index is 12.8. The summed E-state index contributed by atoms with van der Waals surface area (Å²) in [5, 5.41) is 3.02. The van der Waals surface area contributed by atoms with Gasteiger partial charge in [0.25, 0.3) is 5.91 Å². The summed E-state index contributed by atoms with van der Waals surface area (Å²) in [6, 6.07) is 11.3. The average Bonchev–Trinajstić information content (AvgIpc) is 2.57. The second-order valence-corrected chi connectivity index (χ2v) is 6.82. The molecule has 0 unspecified atom stereocenters. The number of carbonyl (C=O) groups is 2. The number of amides is 1. The van der Waals surface area contributed by atoms with E-state index >= 15 is 0 Å². The highest BCUT2D eigenvalue weighted by Crippen LogP contribution is 2.22. The summed E-state index contributed by atoms with van der Waals surface area (Å²) < 4.78 is 17.7. The fourth-order valence-corrected chi connectivity index (χ4v) is 3.02. The standard InChI is InChI=1S/C18H17ClFNO3S/c1-12-2-7-16(15(19)10-12)21-17(22)11-24-18(23)8-9-25-14-5-3-13(20)4-6-14/h2-7,10H,8-9,11H2,1H3,(H,21,22). The van der Waals surface area contributed by atoms with E-state index in [0.29, 0.717) is 16.5 Å². The van der Waals surface area contributed by atoms with Gasteiger partial charge in [-0.15, -0.1) is 11.8 Å². The third-order valence-electron chi connectivity index (χ3n) is 3.15. The Labute approximate surface area is 154 Å². The van der Waals surface area contributed by atoms with Gasteiger partial charge < -0.3 is 10.1 Å². The molecule has 2 aromatic rings. The van der Waals surface area contributed by atoms with E-state index in [1.54, 1.807) is 24.3 Å². The molecular formula is C18H17ClFNO3S. The highest BCUT2D eigenvalue weighted by molar-refractivity contribution is 7.99. The van der Waals surface area contributed by atoms with E-state index in [2.05, 4.69) is 5.32 Å². The van der Waals surface area contributed by atoms with E-state index in [0.717, 1.165) is 10.5 Å². The first kappa shape index (κ1) is 19.3. The number of thioether (sulfide) groups is 1. The molecule has 7 heteroatoms. The molecule has 0 aliphatic heterocycles. The number of benzene rings is 2. The van der Waals surface area contributed by atoms with E-state index in [4.69, 9.17) is 16.3 Å². The number of anilines is 1. The molecule has 0 aliphatic rings. The van der Waals surface area contributed by atoms with E-state index in [-0.39, 0.29) is 18.8 Å². The molecule has 0 heterocycles. The van der Waals surface area contributed by atoms with Crippen LogP contribution in [0.15, 0.2) is 47.4 Å². The van der Waals surface area contributed by atoms with Gasteiger partial charge in [-0.3, -0.25) is 9.59 Å². The molecule has 1 amide bonds. The third kappa shape index (κ3) is 6.76. The van der Waals surface area contributed by atoms with Gasteiger partial charge in [-0.2, -0.15) is 0 Å². The number of aryl methyl sites for hydroxylation is 1. The highest BCUT2D eigenvalue weighted by Gasteiger charge is 2.10. The predicted octanol–water partition coefficient (Wildman–Crippen LogP) is 4.45. The van der Waals surface area contributed by atoms with Gasteiger partial charge in [0.2, 0.25) is 0 Å². The van der Waals surface area contributed by atoms with Crippen molar-refractivity contribution in [3.8, 4) is 0 Å². The van der Waals surface area contributed by atoms with Crippen molar-refractivity contribution in [2.24, 2.45) is 0 Å². The van der Waals surface area contributed by atoms with E-state index in [9.17, 15) is 14.0 Å². The van der Waals surface area contributed by atoms with Crippen molar-refractivity contribution in [3.63, 3.8) is 0 Å². The van der Waals surface area contributed by atoms with Crippen molar-refractivity contribution in [2.75, 3.05) is 17.7 Å². The molecule has 25 heavy (non-hydrogen) atoms. The van der Waals surface area contributed by atoms with Crippen LogP contribution in [0.4, 0.5) is 10.1 Å². The number of ether oxygens (including phenoxy) is 1. The van der Waals surface area contributed by atoms with Crippen LogP contribution in [-0.4, -0.2) is 24.2 Å². The summed E-state index contributed by atoms with van der Waals surface area (Å²) in [5.41, 5.74) is 1.45.